The van der Waals surface area contributed by atoms with Gasteiger partial charge in [-0.1, -0.05) is 18.2 Å². The Hall–Kier alpha value is -2.86. The molecule has 6 nitrogen and oxygen atoms in total. The van der Waals surface area contributed by atoms with Gasteiger partial charge < -0.3 is 14.1 Å². The van der Waals surface area contributed by atoms with Gasteiger partial charge in [0.2, 0.25) is 5.43 Å². The Balaban J connectivity index is 1.52. The van der Waals surface area contributed by atoms with E-state index in [2.05, 4.69) is 4.90 Å². The largest absolute Gasteiger partial charge is 0.456 e. The van der Waals surface area contributed by atoms with E-state index < -0.39 is 0 Å². The maximum Gasteiger partial charge on any atom is 0.409 e. The summed E-state index contributed by atoms with van der Waals surface area (Å²) in [6, 6.07) is 13.1. The standard InChI is InChI=1S/C21H22N2O4/c1-2-26-21(25)23-11-9-22(10-12-23)14-15-7-8-19-17(13-15)20(24)16-5-3-4-6-18(16)27-19/h3-8,13H,2,9-12,14H2,1H3. The minimum absolute atomic E-state index is 0.000769. The van der Waals surface area contributed by atoms with Gasteiger partial charge in [-0.05, 0) is 36.8 Å². The molecular weight excluding hydrogens is 344 g/mol. The topological polar surface area (TPSA) is 63.0 Å². The highest BCUT2D eigenvalue weighted by atomic mass is 16.6. The summed E-state index contributed by atoms with van der Waals surface area (Å²) in [6.07, 6.45) is -0.243. The molecule has 3 aromatic rings. The summed E-state index contributed by atoms with van der Waals surface area (Å²) in [6.45, 7) is 5.81. The Morgan fingerprint density at radius 1 is 1.04 bits per heavy atom. The van der Waals surface area contributed by atoms with E-state index in [1.54, 1.807) is 11.0 Å². The average Bonchev–Trinajstić information content (AvgIpc) is 2.69. The van der Waals surface area contributed by atoms with E-state index in [0.717, 1.165) is 25.2 Å². The maximum absolute atomic E-state index is 12.8. The Bertz CT molecular complexity index is 1040. The fourth-order valence-corrected chi connectivity index (χ4v) is 3.51. The van der Waals surface area contributed by atoms with Crippen molar-refractivity contribution < 1.29 is 13.9 Å². The van der Waals surface area contributed by atoms with Crippen LogP contribution in [0.2, 0.25) is 0 Å². The van der Waals surface area contributed by atoms with E-state index in [1.807, 2.05) is 43.3 Å². The molecule has 2 heterocycles. The number of ether oxygens (including phenoxy) is 1. The molecule has 0 radical (unpaired) electrons. The van der Waals surface area contributed by atoms with Crippen LogP contribution >= 0.6 is 0 Å². The third kappa shape index (κ3) is 3.53. The number of piperazine rings is 1. The summed E-state index contributed by atoms with van der Waals surface area (Å²) >= 11 is 0. The summed E-state index contributed by atoms with van der Waals surface area (Å²) < 4.78 is 10.9. The molecule has 1 aliphatic heterocycles. The van der Waals surface area contributed by atoms with Gasteiger partial charge >= 0.3 is 6.09 Å². The number of para-hydroxylation sites is 1. The van der Waals surface area contributed by atoms with Gasteiger partial charge in [0.25, 0.3) is 0 Å². The second-order valence-electron chi connectivity index (χ2n) is 6.72. The molecule has 2 aromatic carbocycles. The minimum Gasteiger partial charge on any atom is -0.456 e. The number of fused-ring (bicyclic) bond motifs is 2. The first-order valence-corrected chi connectivity index (χ1v) is 9.24. The van der Waals surface area contributed by atoms with Crippen LogP contribution in [0.25, 0.3) is 21.9 Å². The third-order valence-electron chi connectivity index (χ3n) is 4.94. The Kier molecular flexibility index (Phi) is 4.81. The maximum atomic E-state index is 12.8. The van der Waals surface area contributed by atoms with E-state index >= 15 is 0 Å². The number of carbonyl (C=O) groups excluding carboxylic acids is 1. The van der Waals surface area contributed by atoms with Crippen molar-refractivity contribution in [2.75, 3.05) is 32.8 Å². The first-order chi connectivity index (χ1) is 13.2. The number of carbonyl (C=O) groups is 1. The van der Waals surface area contributed by atoms with E-state index in [9.17, 15) is 9.59 Å². The van der Waals surface area contributed by atoms with E-state index in [0.29, 0.717) is 41.6 Å². The van der Waals surface area contributed by atoms with Crippen molar-refractivity contribution in [2.45, 2.75) is 13.5 Å². The lowest BCUT2D eigenvalue weighted by atomic mass is 10.1. The summed E-state index contributed by atoms with van der Waals surface area (Å²) in [5.74, 6) is 0. The van der Waals surface area contributed by atoms with Crippen molar-refractivity contribution in [3.05, 3.63) is 58.3 Å². The quantitative estimate of drug-likeness (QED) is 0.666. The highest BCUT2D eigenvalue weighted by Gasteiger charge is 2.22. The van der Waals surface area contributed by atoms with Crippen LogP contribution in [-0.2, 0) is 11.3 Å². The molecule has 1 saturated heterocycles. The van der Waals surface area contributed by atoms with E-state index in [1.165, 1.54) is 0 Å². The minimum atomic E-state index is -0.243. The van der Waals surface area contributed by atoms with Crippen molar-refractivity contribution in [1.82, 2.24) is 9.80 Å². The van der Waals surface area contributed by atoms with Gasteiger partial charge in [-0.2, -0.15) is 0 Å². The summed E-state index contributed by atoms with van der Waals surface area (Å²) in [5.41, 5.74) is 2.28. The molecule has 0 atom stereocenters. The lowest BCUT2D eigenvalue weighted by molar-refractivity contribution is 0.0778. The molecule has 0 N–H and O–H groups in total. The highest BCUT2D eigenvalue weighted by molar-refractivity contribution is 5.89. The Labute approximate surface area is 156 Å². The van der Waals surface area contributed by atoms with Gasteiger partial charge in [-0.3, -0.25) is 9.69 Å². The fourth-order valence-electron chi connectivity index (χ4n) is 3.51. The van der Waals surface area contributed by atoms with Gasteiger partial charge in [0.05, 0.1) is 17.4 Å². The molecule has 0 aliphatic carbocycles. The normalized spacial score (nSPS) is 15.4. The van der Waals surface area contributed by atoms with Crippen molar-refractivity contribution in [3.8, 4) is 0 Å². The zero-order chi connectivity index (χ0) is 18.8. The van der Waals surface area contributed by atoms with Crippen LogP contribution < -0.4 is 5.43 Å². The average molecular weight is 366 g/mol. The van der Waals surface area contributed by atoms with Crippen molar-refractivity contribution in [1.29, 1.82) is 0 Å². The number of nitrogens with zero attached hydrogens (tertiary/aromatic N) is 2. The van der Waals surface area contributed by atoms with E-state index in [4.69, 9.17) is 9.15 Å². The lowest BCUT2D eigenvalue weighted by Crippen LogP contribution is -2.48. The molecule has 0 spiro atoms. The predicted octanol–water partition coefficient (Wildman–Crippen LogP) is 3.22. The first kappa shape index (κ1) is 17.5. The second-order valence-corrected chi connectivity index (χ2v) is 6.72. The van der Waals surface area contributed by atoms with Gasteiger partial charge in [-0.25, -0.2) is 4.79 Å². The van der Waals surface area contributed by atoms with Crippen molar-refractivity contribution in [3.63, 3.8) is 0 Å². The second kappa shape index (κ2) is 7.40. The monoisotopic (exact) mass is 366 g/mol. The van der Waals surface area contributed by atoms with E-state index in [-0.39, 0.29) is 11.5 Å². The predicted molar refractivity (Wildman–Crippen MR) is 104 cm³/mol. The molecule has 1 aromatic heterocycles. The van der Waals surface area contributed by atoms with Crippen LogP contribution in [0.3, 0.4) is 0 Å². The SMILES string of the molecule is CCOC(=O)N1CCN(Cc2ccc3oc4ccccc4c(=O)c3c2)CC1. The molecular formula is C21H22N2O4. The molecule has 140 valence electrons. The van der Waals surface area contributed by atoms with Gasteiger partial charge in [0.15, 0.2) is 0 Å². The molecule has 0 bridgehead atoms. The van der Waals surface area contributed by atoms with Gasteiger partial charge in [-0.15, -0.1) is 0 Å². The van der Waals surface area contributed by atoms with Crippen LogP contribution in [0.15, 0.2) is 51.7 Å². The third-order valence-corrected chi connectivity index (χ3v) is 4.94. The Morgan fingerprint density at radius 3 is 2.56 bits per heavy atom. The Morgan fingerprint density at radius 2 is 1.78 bits per heavy atom. The molecule has 1 aliphatic rings. The van der Waals surface area contributed by atoms with Crippen molar-refractivity contribution >= 4 is 28.0 Å². The lowest BCUT2D eigenvalue weighted by Gasteiger charge is -2.34. The van der Waals surface area contributed by atoms with Crippen molar-refractivity contribution in [2.24, 2.45) is 0 Å². The van der Waals surface area contributed by atoms with Crippen LogP contribution in [0.4, 0.5) is 4.79 Å². The molecule has 0 unspecified atom stereocenters. The van der Waals surface area contributed by atoms with Crippen LogP contribution in [0.1, 0.15) is 12.5 Å². The van der Waals surface area contributed by atoms with Gasteiger partial charge in [0.1, 0.15) is 11.2 Å². The number of rotatable bonds is 3. The first-order valence-electron chi connectivity index (χ1n) is 9.24. The molecule has 1 fully saturated rings. The fraction of sp³-hybridized carbons (Fsp3) is 0.333. The summed E-state index contributed by atoms with van der Waals surface area (Å²) in [7, 11) is 0. The molecule has 1 amide bonds. The number of benzene rings is 2. The number of amides is 1. The zero-order valence-electron chi connectivity index (χ0n) is 15.3. The van der Waals surface area contributed by atoms with Crippen LogP contribution in [0.5, 0.6) is 0 Å². The highest BCUT2D eigenvalue weighted by Crippen LogP contribution is 2.20. The van der Waals surface area contributed by atoms with Crippen LogP contribution in [0, 0.1) is 0 Å². The zero-order valence-corrected chi connectivity index (χ0v) is 15.3. The van der Waals surface area contributed by atoms with Gasteiger partial charge in [0, 0.05) is 32.7 Å². The summed E-state index contributed by atoms with van der Waals surface area (Å²) in [5, 5.41) is 1.21. The molecule has 6 heteroatoms. The van der Waals surface area contributed by atoms with Crippen LogP contribution in [-0.4, -0.2) is 48.7 Å². The number of hydrogen-bond donors (Lipinski definition) is 0. The number of hydrogen-bond acceptors (Lipinski definition) is 5. The smallest absolute Gasteiger partial charge is 0.409 e. The molecule has 0 saturated carbocycles. The molecule has 27 heavy (non-hydrogen) atoms. The summed E-state index contributed by atoms with van der Waals surface area (Å²) in [4.78, 5) is 28.6. The molecule has 4 rings (SSSR count).